The van der Waals surface area contributed by atoms with Crippen LogP contribution in [-0.2, 0) is 11.3 Å². The average Bonchev–Trinajstić information content (AvgIpc) is 2.48. The number of hydrogen-bond donors (Lipinski definition) is 2. The first-order chi connectivity index (χ1) is 10.1. The maximum Gasteiger partial charge on any atom is 0.287 e. The number of likely N-dealkylation sites (N-methyl/N-ethyl adjacent to an activating group) is 1. The van der Waals surface area contributed by atoms with E-state index in [-0.39, 0.29) is 16.6 Å². The van der Waals surface area contributed by atoms with Gasteiger partial charge in [-0.15, -0.1) is 0 Å². The minimum absolute atomic E-state index is 0.181. The minimum Gasteiger partial charge on any atom is -0.381 e. The number of nitrogens with one attached hydrogen (secondary N) is 2. The molecule has 0 radical (unpaired) electrons. The SMILES string of the molecule is CN(C)CCn1ncc(NCC2COCCN2)c(Cl)c1=O. The Labute approximate surface area is 129 Å². The van der Waals surface area contributed by atoms with Gasteiger partial charge in [-0.1, -0.05) is 11.6 Å². The molecule has 0 aliphatic carbocycles. The highest BCUT2D eigenvalue weighted by molar-refractivity contribution is 6.32. The smallest absolute Gasteiger partial charge is 0.287 e. The second-order valence-electron chi connectivity index (χ2n) is 5.31. The van der Waals surface area contributed by atoms with Crippen molar-refractivity contribution in [2.45, 2.75) is 12.6 Å². The number of aromatic nitrogens is 2. The predicted octanol–water partition coefficient (Wildman–Crippen LogP) is -0.141. The van der Waals surface area contributed by atoms with Crippen LogP contribution in [0.5, 0.6) is 0 Å². The first-order valence-corrected chi connectivity index (χ1v) is 7.41. The topological polar surface area (TPSA) is 71.4 Å². The Hall–Kier alpha value is -1.15. The molecule has 1 aliphatic heterocycles. The molecule has 2 heterocycles. The molecule has 1 aromatic heterocycles. The summed E-state index contributed by atoms with van der Waals surface area (Å²) in [6.45, 7) is 4.12. The molecule has 0 saturated carbocycles. The van der Waals surface area contributed by atoms with Crippen LogP contribution in [0.3, 0.4) is 0 Å². The Balaban J connectivity index is 1.97. The molecule has 1 aromatic rings. The van der Waals surface area contributed by atoms with E-state index in [2.05, 4.69) is 15.7 Å². The van der Waals surface area contributed by atoms with E-state index in [9.17, 15) is 4.79 Å². The van der Waals surface area contributed by atoms with Crippen LogP contribution in [0, 0.1) is 0 Å². The van der Waals surface area contributed by atoms with E-state index in [4.69, 9.17) is 16.3 Å². The molecule has 2 N–H and O–H groups in total. The van der Waals surface area contributed by atoms with Gasteiger partial charge in [-0.05, 0) is 14.1 Å². The van der Waals surface area contributed by atoms with Crippen LogP contribution in [-0.4, -0.2) is 67.7 Å². The summed E-state index contributed by atoms with van der Waals surface area (Å²) < 4.78 is 6.76. The summed E-state index contributed by atoms with van der Waals surface area (Å²) in [6, 6.07) is 0.214. The van der Waals surface area contributed by atoms with E-state index in [1.165, 1.54) is 4.68 Å². The molecule has 118 valence electrons. The molecule has 21 heavy (non-hydrogen) atoms. The van der Waals surface area contributed by atoms with Crippen molar-refractivity contribution in [3.8, 4) is 0 Å². The van der Waals surface area contributed by atoms with Crippen molar-refractivity contribution in [3.05, 3.63) is 21.6 Å². The number of hydrogen-bond acceptors (Lipinski definition) is 6. The molecule has 0 aromatic carbocycles. The van der Waals surface area contributed by atoms with Gasteiger partial charge in [-0.25, -0.2) is 4.68 Å². The molecule has 0 amide bonds. The van der Waals surface area contributed by atoms with Crippen LogP contribution in [0.2, 0.25) is 5.02 Å². The van der Waals surface area contributed by atoms with E-state index in [0.717, 1.165) is 19.7 Å². The van der Waals surface area contributed by atoms with E-state index in [1.54, 1.807) is 6.20 Å². The zero-order valence-electron chi connectivity index (χ0n) is 12.4. The molecule has 1 aliphatic rings. The van der Waals surface area contributed by atoms with Crippen LogP contribution >= 0.6 is 11.6 Å². The van der Waals surface area contributed by atoms with Crippen LogP contribution in [0.4, 0.5) is 5.69 Å². The second-order valence-corrected chi connectivity index (χ2v) is 5.69. The maximum atomic E-state index is 12.1. The highest BCUT2D eigenvalue weighted by atomic mass is 35.5. The Morgan fingerprint density at radius 2 is 2.43 bits per heavy atom. The van der Waals surface area contributed by atoms with Gasteiger partial charge in [0.05, 0.1) is 31.6 Å². The molecule has 1 atom stereocenters. The first kappa shape index (κ1) is 16.2. The number of nitrogens with zero attached hydrogens (tertiary/aromatic N) is 3. The van der Waals surface area contributed by atoms with Crippen LogP contribution in [0.1, 0.15) is 0 Å². The molecule has 1 saturated heterocycles. The number of anilines is 1. The molecule has 1 unspecified atom stereocenters. The highest BCUT2D eigenvalue weighted by Gasteiger charge is 2.14. The van der Waals surface area contributed by atoms with Crippen LogP contribution in [0.25, 0.3) is 0 Å². The summed E-state index contributed by atoms with van der Waals surface area (Å²) in [6.07, 6.45) is 1.60. The Morgan fingerprint density at radius 1 is 1.62 bits per heavy atom. The van der Waals surface area contributed by atoms with Gasteiger partial charge in [0.2, 0.25) is 0 Å². The van der Waals surface area contributed by atoms with Crippen molar-refractivity contribution >= 4 is 17.3 Å². The third-order valence-corrected chi connectivity index (χ3v) is 3.65. The van der Waals surface area contributed by atoms with Gasteiger partial charge in [0.1, 0.15) is 5.02 Å². The molecule has 0 bridgehead atoms. The summed E-state index contributed by atoms with van der Waals surface area (Å²) in [4.78, 5) is 14.1. The second kappa shape index (κ2) is 7.74. The molecule has 0 spiro atoms. The lowest BCUT2D eigenvalue weighted by molar-refractivity contribution is 0.0806. The molecular formula is C13H22ClN5O2. The van der Waals surface area contributed by atoms with Gasteiger partial charge >= 0.3 is 0 Å². The van der Waals surface area contributed by atoms with Crippen LogP contribution < -0.4 is 16.2 Å². The Kier molecular flexibility index (Phi) is 5.98. The van der Waals surface area contributed by atoms with Gasteiger partial charge in [0.15, 0.2) is 0 Å². The molecular weight excluding hydrogens is 294 g/mol. The van der Waals surface area contributed by atoms with Gasteiger partial charge < -0.3 is 20.3 Å². The molecule has 1 fully saturated rings. The van der Waals surface area contributed by atoms with Crippen LogP contribution in [0.15, 0.2) is 11.0 Å². The number of halogens is 1. The number of ether oxygens (including phenoxy) is 1. The van der Waals surface area contributed by atoms with Crippen molar-refractivity contribution in [1.82, 2.24) is 20.0 Å². The van der Waals surface area contributed by atoms with Crippen molar-refractivity contribution < 1.29 is 4.74 Å². The number of rotatable bonds is 6. The Morgan fingerprint density at radius 3 is 3.10 bits per heavy atom. The van der Waals surface area contributed by atoms with Crippen molar-refractivity contribution in [3.63, 3.8) is 0 Å². The zero-order valence-corrected chi connectivity index (χ0v) is 13.2. The standard InChI is InChI=1S/C13H22ClN5O2/c1-18(2)4-5-19-13(20)12(14)11(8-17-19)16-7-10-9-21-6-3-15-10/h8,10,15-16H,3-7,9H2,1-2H3. The minimum atomic E-state index is -0.267. The lowest BCUT2D eigenvalue weighted by Crippen LogP contribution is -2.45. The van der Waals surface area contributed by atoms with Gasteiger partial charge in [0.25, 0.3) is 5.56 Å². The van der Waals surface area contributed by atoms with Crippen molar-refractivity contribution in [2.24, 2.45) is 0 Å². The summed E-state index contributed by atoms with van der Waals surface area (Å²) in [5.41, 5.74) is 0.298. The quantitative estimate of drug-likeness (QED) is 0.761. The third-order valence-electron chi connectivity index (χ3n) is 3.28. The summed E-state index contributed by atoms with van der Waals surface area (Å²) in [7, 11) is 3.89. The van der Waals surface area contributed by atoms with E-state index in [0.29, 0.717) is 25.4 Å². The fraction of sp³-hybridized carbons (Fsp3) is 0.692. The summed E-state index contributed by atoms with van der Waals surface area (Å²) in [5.74, 6) is 0. The predicted molar refractivity (Wildman–Crippen MR) is 83.2 cm³/mol. The number of morpholine rings is 1. The molecule has 8 heteroatoms. The van der Waals surface area contributed by atoms with E-state index in [1.807, 2.05) is 19.0 Å². The van der Waals surface area contributed by atoms with Gasteiger partial charge in [0, 0.05) is 25.7 Å². The monoisotopic (exact) mass is 315 g/mol. The first-order valence-electron chi connectivity index (χ1n) is 7.03. The van der Waals surface area contributed by atoms with Crippen molar-refractivity contribution in [1.29, 1.82) is 0 Å². The van der Waals surface area contributed by atoms with Gasteiger partial charge in [-0.2, -0.15) is 5.10 Å². The Bertz CT molecular complexity index is 514. The fourth-order valence-electron chi connectivity index (χ4n) is 2.03. The van der Waals surface area contributed by atoms with E-state index >= 15 is 0 Å². The van der Waals surface area contributed by atoms with E-state index < -0.39 is 0 Å². The molecule has 2 rings (SSSR count). The lowest BCUT2D eigenvalue weighted by Gasteiger charge is -2.24. The summed E-state index contributed by atoms with van der Waals surface area (Å²) >= 11 is 6.13. The zero-order chi connectivity index (χ0) is 15.2. The average molecular weight is 316 g/mol. The summed E-state index contributed by atoms with van der Waals surface area (Å²) in [5, 5.41) is 10.8. The van der Waals surface area contributed by atoms with Crippen molar-refractivity contribution in [2.75, 3.05) is 52.3 Å². The normalized spacial score (nSPS) is 19.0. The fourth-order valence-corrected chi connectivity index (χ4v) is 2.24. The highest BCUT2D eigenvalue weighted by Crippen LogP contribution is 2.15. The third kappa shape index (κ3) is 4.67. The maximum absolute atomic E-state index is 12.1. The largest absolute Gasteiger partial charge is 0.381 e. The lowest BCUT2D eigenvalue weighted by atomic mass is 10.2. The van der Waals surface area contributed by atoms with Gasteiger partial charge in [-0.3, -0.25) is 4.79 Å². The molecule has 7 nitrogen and oxygen atoms in total.